The van der Waals surface area contributed by atoms with Gasteiger partial charge in [-0.1, -0.05) is 36.4 Å². The number of hydrogen-bond acceptors (Lipinski definition) is 3. The summed E-state index contributed by atoms with van der Waals surface area (Å²) in [6, 6.07) is 20.2. The van der Waals surface area contributed by atoms with Crippen LogP contribution in [0.1, 0.15) is 19.3 Å². The zero-order chi connectivity index (χ0) is 15.7. The molecule has 1 fully saturated rings. The quantitative estimate of drug-likeness (QED) is 0.692. The Kier molecular flexibility index (Phi) is 7.93. The normalized spacial score (nSPS) is 15.5. The zero-order valence-electron chi connectivity index (χ0n) is 14.0. The van der Waals surface area contributed by atoms with Crippen molar-refractivity contribution < 1.29 is 9.47 Å². The van der Waals surface area contributed by atoms with Crippen LogP contribution in [0, 0.1) is 0 Å². The Morgan fingerprint density at radius 2 is 1.42 bits per heavy atom. The van der Waals surface area contributed by atoms with Crippen molar-refractivity contribution >= 4 is 12.4 Å². The topological polar surface area (TPSA) is 21.7 Å². The Bertz CT molecular complexity index is 554. The number of likely N-dealkylation sites (tertiary alicyclic amines) is 1. The molecule has 0 N–H and O–H groups in total. The van der Waals surface area contributed by atoms with Crippen molar-refractivity contribution in [3.63, 3.8) is 0 Å². The third kappa shape index (κ3) is 6.06. The number of ether oxygens (including phenoxy) is 2. The Morgan fingerprint density at radius 1 is 0.833 bits per heavy atom. The fraction of sp³-hybridized carbons (Fsp3) is 0.400. The van der Waals surface area contributed by atoms with Crippen molar-refractivity contribution in [3.05, 3.63) is 60.7 Å². The van der Waals surface area contributed by atoms with Gasteiger partial charge in [0.15, 0.2) is 0 Å². The molecule has 2 aromatic rings. The first-order chi connectivity index (χ1) is 11.4. The van der Waals surface area contributed by atoms with E-state index in [9.17, 15) is 0 Å². The van der Waals surface area contributed by atoms with Crippen molar-refractivity contribution in [2.24, 2.45) is 0 Å². The Morgan fingerprint density at radius 3 is 2.04 bits per heavy atom. The Hall–Kier alpha value is -1.71. The molecule has 1 aliphatic heterocycles. The van der Waals surface area contributed by atoms with Gasteiger partial charge in [0.1, 0.15) is 17.6 Å². The second-order valence-electron chi connectivity index (χ2n) is 5.99. The fourth-order valence-electron chi connectivity index (χ4n) is 2.94. The molecule has 4 heteroatoms. The molecule has 0 saturated carbocycles. The number of nitrogens with zero attached hydrogens (tertiary/aromatic N) is 1. The predicted octanol–water partition coefficient (Wildman–Crippen LogP) is 4.42. The summed E-state index contributed by atoms with van der Waals surface area (Å²) in [5.74, 6) is 1.95. The van der Waals surface area contributed by atoms with E-state index in [2.05, 4.69) is 4.90 Å². The van der Waals surface area contributed by atoms with Gasteiger partial charge in [0.2, 0.25) is 0 Å². The van der Waals surface area contributed by atoms with E-state index < -0.39 is 0 Å². The van der Waals surface area contributed by atoms with Gasteiger partial charge in [0.05, 0.1) is 6.61 Å². The monoisotopic (exact) mass is 347 g/mol. The number of halogens is 1. The molecular weight excluding hydrogens is 322 g/mol. The van der Waals surface area contributed by atoms with Crippen LogP contribution in [-0.2, 0) is 0 Å². The maximum absolute atomic E-state index is 6.04. The van der Waals surface area contributed by atoms with Crippen molar-refractivity contribution in [1.29, 1.82) is 0 Å². The molecule has 2 aromatic carbocycles. The van der Waals surface area contributed by atoms with Crippen LogP contribution < -0.4 is 9.47 Å². The zero-order valence-corrected chi connectivity index (χ0v) is 14.8. The molecule has 0 spiro atoms. The van der Waals surface area contributed by atoms with Crippen molar-refractivity contribution in [2.45, 2.75) is 25.4 Å². The van der Waals surface area contributed by atoms with Crippen LogP contribution in [0.4, 0.5) is 0 Å². The maximum atomic E-state index is 6.04. The van der Waals surface area contributed by atoms with Crippen LogP contribution >= 0.6 is 12.4 Å². The van der Waals surface area contributed by atoms with Crippen LogP contribution in [0.5, 0.6) is 11.5 Å². The van der Waals surface area contributed by atoms with E-state index in [1.807, 2.05) is 60.7 Å². The average molecular weight is 348 g/mol. The first-order valence-corrected chi connectivity index (χ1v) is 8.52. The van der Waals surface area contributed by atoms with Gasteiger partial charge in [-0.3, -0.25) is 0 Å². The van der Waals surface area contributed by atoms with Gasteiger partial charge in [0, 0.05) is 19.6 Å². The fourth-order valence-corrected chi connectivity index (χ4v) is 2.94. The average Bonchev–Trinajstić information content (AvgIpc) is 2.62. The number of hydrogen-bond donors (Lipinski definition) is 0. The number of rotatable bonds is 7. The summed E-state index contributed by atoms with van der Waals surface area (Å²) in [7, 11) is 0. The van der Waals surface area contributed by atoms with Gasteiger partial charge in [-0.25, -0.2) is 0 Å². The smallest absolute Gasteiger partial charge is 0.119 e. The summed E-state index contributed by atoms with van der Waals surface area (Å²) in [6.07, 6.45) is 3.64. The van der Waals surface area contributed by atoms with Crippen LogP contribution in [0.25, 0.3) is 0 Å². The summed E-state index contributed by atoms with van der Waals surface area (Å²) in [4.78, 5) is 2.51. The van der Waals surface area contributed by atoms with Crippen molar-refractivity contribution in [1.82, 2.24) is 4.90 Å². The Labute approximate surface area is 151 Å². The van der Waals surface area contributed by atoms with Gasteiger partial charge < -0.3 is 14.4 Å². The molecule has 0 atom stereocenters. The number of para-hydroxylation sites is 2. The first-order valence-electron chi connectivity index (χ1n) is 8.52. The first kappa shape index (κ1) is 18.6. The van der Waals surface area contributed by atoms with Crippen LogP contribution in [-0.4, -0.2) is 37.2 Å². The minimum absolute atomic E-state index is 0. The molecule has 130 valence electrons. The van der Waals surface area contributed by atoms with Crippen molar-refractivity contribution in [2.75, 3.05) is 26.2 Å². The minimum atomic E-state index is 0. The molecular formula is C20H26ClNO2. The summed E-state index contributed by atoms with van der Waals surface area (Å²) < 4.78 is 11.8. The highest BCUT2D eigenvalue weighted by Crippen LogP contribution is 2.18. The van der Waals surface area contributed by atoms with Gasteiger partial charge >= 0.3 is 0 Å². The third-order valence-electron chi connectivity index (χ3n) is 4.21. The highest BCUT2D eigenvalue weighted by atomic mass is 35.5. The van der Waals surface area contributed by atoms with Crippen LogP contribution in [0.2, 0.25) is 0 Å². The summed E-state index contributed by atoms with van der Waals surface area (Å²) >= 11 is 0. The molecule has 1 aliphatic rings. The summed E-state index contributed by atoms with van der Waals surface area (Å²) in [6.45, 7) is 4.11. The second kappa shape index (κ2) is 10.2. The van der Waals surface area contributed by atoms with Gasteiger partial charge in [-0.15, -0.1) is 12.4 Å². The lowest BCUT2D eigenvalue weighted by atomic mass is 10.1. The molecule has 3 rings (SSSR count). The number of benzene rings is 2. The summed E-state index contributed by atoms with van der Waals surface area (Å²) in [5, 5.41) is 0. The maximum Gasteiger partial charge on any atom is 0.119 e. The van der Waals surface area contributed by atoms with E-state index in [4.69, 9.17) is 9.47 Å². The molecule has 24 heavy (non-hydrogen) atoms. The van der Waals surface area contributed by atoms with Gasteiger partial charge in [0.25, 0.3) is 0 Å². The molecule has 0 aromatic heterocycles. The molecule has 3 nitrogen and oxygen atoms in total. The van der Waals surface area contributed by atoms with E-state index in [1.165, 1.54) is 0 Å². The molecule has 0 aliphatic carbocycles. The predicted molar refractivity (Wildman–Crippen MR) is 100 cm³/mol. The Balaban J connectivity index is 0.00000208. The lowest BCUT2D eigenvalue weighted by Gasteiger charge is -2.32. The van der Waals surface area contributed by atoms with Crippen LogP contribution in [0.15, 0.2) is 60.7 Å². The summed E-state index contributed by atoms with van der Waals surface area (Å²) in [5.41, 5.74) is 0. The lowest BCUT2D eigenvalue weighted by Crippen LogP contribution is -2.39. The van der Waals surface area contributed by atoms with E-state index >= 15 is 0 Å². The highest BCUT2D eigenvalue weighted by Gasteiger charge is 2.20. The third-order valence-corrected chi connectivity index (χ3v) is 4.21. The second-order valence-corrected chi connectivity index (χ2v) is 5.99. The standard InChI is InChI=1S/C20H25NO2.ClH/c1-3-8-18(9-4-1)22-17-7-14-21-15-12-20(13-16-21)23-19-10-5-2-6-11-19;/h1-6,8-11,20H,7,12-17H2;1H. The molecule has 1 heterocycles. The molecule has 0 amide bonds. The molecule has 0 radical (unpaired) electrons. The van der Waals surface area contributed by atoms with Crippen molar-refractivity contribution in [3.8, 4) is 11.5 Å². The molecule has 0 unspecified atom stereocenters. The van der Waals surface area contributed by atoms with E-state index in [0.29, 0.717) is 6.10 Å². The van der Waals surface area contributed by atoms with E-state index in [1.54, 1.807) is 0 Å². The van der Waals surface area contributed by atoms with Crippen LogP contribution in [0.3, 0.4) is 0 Å². The van der Waals surface area contributed by atoms with Gasteiger partial charge in [-0.05, 0) is 43.5 Å². The highest BCUT2D eigenvalue weighted by molar-refractivity contribution is 5.85. The lowest BCUT2D eigenvalue weighted by molar-refractivity contribution is 0.0972. The van der Waals surface area contributed by atoms with E-state index in [0.717, 1.165) is 57.0 Å². The largest absolute Gasteiger partial charge is 0.494 e. The molecule has 0 bridgehead atoms. The van der Waals surface area contributed by atoms with Gasteiger partial charge in [-0.2, -0.15) is 0 Å². The molecule has 1 saturated heterocycles. The van der Waals surface area contributed by atoms with E-state index in [-0.39, 0.29) is 12.4 Å². The SMILES string of the molecule is Cl.c1ccc(OCCCN2CCC(Oc3ccccc3)CC2)cc1. The minimum Gasteiger partial charge on any atom is -0.494 e. The number of piperidine rings is 1.